The maximum absolute atomic E-state index is 12.6. The molecule has 0 bridgehead atoms. The van der Waals surface area contributed by atoms with Crippen molar-refractivity contribution in [1.82, 2.24) is 20.4 Å². The number of benzene rings is 2. The van der Waals surface area contributed by atoms with Gasteiger partial charge in [-0.25, -0.2) is 0 Å². The van der Waals surface area contributed by atoms with E-state index in [1.165, 1.54) is 0 Å². The van der Waals surface area contributed by atoms with Gasteiger partial charge in [-0.2, -0.15) is 0 Å². The molecule has 8 nitrogen and oxygen atoms in total. The Kier molecular flexibility index (Phi) is 8.40. The van der Waals surface area contributed by atoms with Crippen molar-refractivity contribution in [2.75, 3.05) is 18.8 Å². The number of thioether (sulfide) groups is 2. The van der Waals surface area contributed by atoms with Crippen molar-refractivity contribution in [2.45, 2.75) is 5.22 Å². The van der Waals surface area contributed by atoms with Gasteiger partial charge >= 0.3 is 0 Å². The number of imide groups is 1. The molecule has 0 spiro atoms. The first-order chi connectivity index (χ1) is 16.8. The van der Waals surface area contributed by atoms with E-state index in [2.05, 4.69) is 15.5 Å². The van der Waals surface area contributed by atoms with E-state index < -0.39 is 11.1 Å². The summed E-state index contributed by atoms with van der Waals surface area (Å²) in [6, 6.07) is 12.0. The first kappa shape index (κ1) is 25.6. The number of nitrogens with one attached hydrogen (secondary N) is 1. The molecule has 35 heavy (non-hydrogen) atoms. The first-order valence-electron chi connectivity index (χ1n) is 10.00. The minimum atomic E-state index is -0.437. The van der Waals surface area contributed by atoms with Crippen LogP contribution in [-0.4, -0.2) is 51.0 Å². The fourth-order valence-corrected chi connectivity index (χ4v) is 4.92. The molecule has 1 N–H and O–H groups in total. The molecular formula is C22H15Cl3N4O4S2. The molecule has 4 rings (SSSR count). The maximum Gasteiger partial charge on any atom is 0.293 e. The lowest BCUT2D eigenvalue weighted by molar-refractivity contribution is -0.123. The molecule has 0 unspecified atom stereocenters. The second kappa shape index (κ2) is 11.5. The molecule has 0 atom stereocenters. The zero-order chi connectivity index (χ0) is 24.9. The third-order valence-corrected chi connectivity index (χ3v) is 7.40. The van der Waals surface area contributed by atoms with Gasteiger partial charge in [0.15, 0.2) is 0 Å². The van der Waals surface area contributed by atoms with Gasteiger partial charge < -0.3 is 9.73 Å². The molecule has 0 saturated carbocycles. The van der Waals surface area contributed by atoms with Gasteiger partial charge in [-0.05, 0) is 47.7 Å². The maximum atomic E-state index is 12.6. The van der Waals surface area contributed by atoms with Crippen molar-refractivity contribution in [3.05, 3.63) is 68.0 Å². The summed E-state index contributed by atoms with van der Waals surface area (Å²) in [4.78, 5) is 38.4. The van der Waals surface area contributed by atoms with E-state index in [0.29, 0.717) is 26.2 Å². The lowest BCUT2D eigenvalue weighted by atomic mass is 10.2. The van der Waals surface area contributed by atoms with Gasteiger partial charge in [-0.15, -0.1) is 10.2 Å². The Morgan fingerprint density at radius 2 is 1.89 bits per heavy atom. The van der Waals surface area contributed by atoms with E-state index in [1.54, 1.807) is 48.5 Å². The van der Waals surface area contributed by atoms with Crippen LogP contribution in [0.1, 0.15) is 5.56 Å². The first-order valence-corrected chi connectivity index (χ1v) is 12.9. The van der Waals surface area contributed by atoms with Crippen LogP contribution >= 0.6 is 58.3 Å². The van der Waals surface area contributed by atoms with E-state index >= 15 is 0 Å². The Balaban J connectivity index is 1.25. The fourth-order valence-electron chi connectivity index (χ4n) is 2.94. The summed E-state index contributed by atoms with van der Waals surface area (Å²) in [5.74, 6) is -0.478. The molecule has 1 aromatic heterocycles. The van der Waals surface area contributed by atoms with Crippen molar-refractivity contribution in [1.29, 1.82) is 0 Å². The Hall–Kier alpha value is -2.50. The van der Waals surface area contributed by atoms with Crippen LogP contribution in [0.4, 0.5) is 4.79 Å². The number of carbonyl (C=O) groups is 3. The number of hydrogen-bond donors (Lipinski definition) is 1. The zero-order valence-electron chi connectivity index (χ0n) is 17.7. The molecule has 1 aliphatic heterocycles. The Bertz CT molecular complexity index is 1330. The molecule has 2 aromatic carbocycles. The predicted octanol–water partition coefficient (Wildman–Crippen LogP) is 5.64. The van der Waals surface area contributed by atoms with E-state index in [0.717, 1.165) is 28.4 Å². The monoisotopic (exact) mass is 568 g/mol. The van der Waals surface area contributed by atoms with Crippen LogP contribution in [0.25, 0.3) is 17.5 Å². The molecule has 3 aromatic rings. The Labute approximate surface area is 223 Å². The summed E-state index contributed by atoms with van der Waals surface area (Å²) in [7, 11) is 0. The highest BCUT2D eigenvalue weighted by Gasteiger charge is 2.34. The predicted molar refractivity (Wildman–Crippen MR) is 138 cm³/mol. The van der Waals surface area contributed by atoms with Gasteiger partial charge in [0.25, 0.3) is 16.4 Å². The number of nitrogens with zero attached hydrogens (tertiary/aromatic N) is 3. The van der Waals surface area contributed by atoms with Crippen LogP contribution in [0.5, 0.6) is 0 Å². The minimum Gasteiger partial charge on any atom is -0.411 e. The summed E-state index contributed by atoms with van der Waals surface area (Å²) >= 11 is 19.9. The second-order valence-electron chi connectivity index (χ2n) is 7.00. The summed E-state index contributed by atoms with van der Waals surface area (Å²) < 4.78 is 5.54. The number of hydrogen-bond acceptors (Lipinski definition) is 8. The molecule has 180 valence electrons. The highest BCUT2D eigenvalue weighted by atomic mass is 35.5. The third kappa shape index (κ3) is 6.39. The van der Waals surface area contributed by atoms with Gasteiger partial charge in [0.1, 0.15) is 0 Å². The molecule has 1 fully saturated rings. The van der Waals surface area contributed by atoms with E-state index in [1.807, 2.05) is 0 Å². The van der Waals surface area contributed by atoms with Gasteiger partial charge in [0.05, 0.1) is 31.3 Å². The lowest BCUT2D eigenvalue weighted by Gasteiger charge is -2.12. The molecular weight excluding hydrogens is 555 g/mol. The number of carbonyl (C=O) groups excluding carboxylic acids is 3. The molecule has 1 aliphatic rings. The zero-order valence-corrected chi connectivity index (χ0v) is 21.6. The van der Waals surface area contributed by atoms with Crippen molar-refractivity contribution in [3.63, 3.8) is 0 Å². The molecule has 0 radical (unpaired) electrons. The SMILES string of the molecule is O=C(CSc1nnc(-c2ccccc2Cl)o1)NCCN1C(=O)S/C(=C\c2ccc(Cl)c(Cl)c2)C1=O. The number of rotatable bonds is 8. The topological polar surface area (TPSA) is 105 Å². The standard InChI is InChI=1S/C22H15Cl3N4O4S2/c23-14-4-2-1-3-13(14)19-27-28-21(33-19)34-11-18(30)26-7-8-29-20(31)17(35-22(29)32)10-12-5-6-15(24)16(25)9-12/h1-6,9-10H,7-8,11H2,(H,26,30)/b17-10-. The van der Waals surface area contributed by atoms with Gasteiger partial charge in [0, 0.05) is 13.1 Å². The van der Waals surface area contributed by atoms with Crippen LogP contribution in [0.15, 0.2) is 57.0 Å². The normalized spacial score (nSPS) is 14.7. The molecule has 2 heterocycles. The summed E-state index contributed by atoms with van der Waals surface area (Å²) in [5, 5.41) is 11.5. The van der Waals surface area contributed by atoms with Crippen LogP contribution in [0.2, 0.25) is 15.1 Å². The van der Waals surface area contributed by atoms with Gasteiger partial charge in [-0.3, -0.25) is 19.3 Å². The molecule has 13 heteroatoms. The van der Waals surface area contributed by atoms with Crippen molar-refractivity contribution in [3.8, 4) is 11.5 Å². The van der Waals surface area contributed by atoms with E-state index in [4.69, 9.17) is 39.2 Å². The van der Waals surface area contributed by atoms with Crippen molar-refractivity contribution in [2.24, 2.45) is 0 Å². The summed E-state index contributed by atoms with van der Waals surface area (Å²) in [5.41, 5.74) is 1.25. The van der Waals surface area contributed by atoms with Gasteiger partial charge in [0.2, 0.25) is 11.8 Å². The Morgan fingerprint density at radius 3 is 2.66 bits per heavy atom. The number of halogens is 3. The Morgan fingerprint density at radius 1 is 1.09 bits per heavy atom. The lowest BCUT2D eigenvalue weighted by Crippen LogP contribution is -2.37. The number of aromatic nitrogens is 2. The average molecular weight is 570 g/mol. The van der Waals surface area contributed by atoms with E-state index in [9.17, 15) is 14.4 Å². The van der Waals surface area contributed by atoms with Crippen molar-refractivity contribution >= 4 is 81.5 Å². The second-order valence-corrected chi connectivity index (χ2v) is 10.1. The third-order valence-electron chi connectivity index (χ3n) is 4.61. The summed E-state index contributed by atoms with van der Waals surface area (Å²) in [6.07, 6.45) is 1.57. The highest BCUT2D eigenvalue weighted by molar-refractivity contribution is 8.18. The largest absolute Gasteiger partial charge is 0.411 e. The number of amides is 3. The van der Waals surface area contributed by atoms with Crippen LogP contribution in [0, 0.1) is 0 Å². The quantitative estimate of drug-likeness (QED) is 0.274. The van der Waals surface area contributed by atoms with Crippen LogP contribution < -0.4 is 5.32 Å². The van der Waals surface area contributed by atoms with E-state index in [-0.39, 0.29) is 40.8 Å². The average Bonchev–Trinajstić information content (AvgIpc) is 3.40. The van der Waals surface area contributed by atoms with Crippen LogP contribution in [0.3, 0.4) is 0 Å². The van der Waals surface area contributed by atoms with Crippen LogP contribution in [-0.2, 0) is 9.59 Å². The highest BCUT2D eigenvalue weighted by Crippen LogP contribution is 2.33. The molecule has 1 saturated heterocycles. The fraction of sp³-hybridized carbons (Fsp3) is 0.136. The summed E-state index contributed by atoms with van der Waals surface area (Å²) in [6.45, 7) is 0.142. The van der Waals surface area contributed by atoms with Crippen molar-refractivity contribution < 1.29 is 18.8 Å². The minimum absolute atomic E-state index is 0.0171. The molecule has 3 amide bonds. The smallest absolute Gasteiger partial charge is 0.293 e. The molecule has 0 aliphatic carbocycles. The van der Waals surface area contributed by atoms with Gasteiger partial charge in [-0.1, -0.05) is 64.8 Å².